The first-order valence-electron chi connectivity index (χ1n) is 9.12. The predicted octanol–water partition coefficient (Wildman–Crippen LogP) is 0.234. The quantitative estimate of drug-likeness (QED) is 0.691. The number of amides is 1. The highest BCUT2D eigenvalue weighted by Crippen LogP contribution is 2.26. The smallest absolute Gasteiger partial charge is 0.223 e. The lowest BCUT2D eigenvalue weighted by molar-refractivity contribution is -0.292. The normalized spacial score (nSPS) is 33.0. The Labute approximate surface area is 153 Å². The number of hydrogen-bond acceptors (Lipinski definition) is 6. The Bertz CT molecular complexity index is 581. The summed E-state index contributed by atoms with van der Waals surface area (Å²) < 4.78 is 16.9. The lowest BCUT2D eigenvalue weighted by Crippen LogP contribution is -2.61. The first-order chi connectivity index (χ1) is 12.6. The molecule has 3 N–H and O–H groups in total. The number of benzene rings is 1. The topological polar surface area (TPSA) is 97.3 Å². The number of carbonyl (C=O) groups is 1. The number of carbonyl (C=O) groups excluding carboxylic acids is 1. The third-order valence-electron chi connectivity index (χ3n) is 4.83. The number of rotatable bonds is 5. The second-order valence-corrected chi connectivity index (χ2v) is 6.92. The summed E-state index contributed by atoms with van der Waals surface area (Å²) in [6.07, 6.45) is -3.17. The van der Waals surface area contributed by atoms with Gasteiger partial charge in [-0.05, 0) is 18.4 Å². The molecule has 3 saturated heterocycles. The second kappa shape index (κ2) is 8.92. The van der Waals surface area contributed by atoms with Gasteiger partial charge in [0.2, 0.25) is 5.91 Å². The molecule has 3 aliphatic heterocycles. The summed E-state index contributed by atoms with van der Waals surface area (Å²) in [5.74, 6) is -0.289. The molecule has 0 radical (unpaired) electrons. The maximum absolute atomic E-state index is 12.4. The molecule has 144 valence electrons. The van der Waals surface area contributed by atoms with E-state index in [2.05, 4.69) is 5.32 Å². The third-order valence-corrected chi connectivity index (χ3v) is 4.83. The molecule has 0 aliphatic carbocycles. The first kappa shape index (κ1) is 19.3. The molecule has 3 aliphatic rings. The molecule has 7 heteroatoms. The molecule has 3 heterocycles. The molecular formula is C19H27NO6. The van der Waals surface area contributed by atoms with Gasteiger partial charge in [-0.25, -0.2) is 0 Å². The monoisotopic (exact) mass is 365 g/mol. The molecule has 6 atom stereocenters. The highest BCUT2D eigenvalue weighted by atomic mass is 16.7. The van der Waals surface area contributed by atoms with Gasteiger partial charge in [-0.3, -0.25) is 4.79 Å². The lowest BCUT2D eigenvalue weighted by atomic mass is 9.97. The number of fused-ring (bicyclic) bond motifs is 6. The molecule has 0 aromatic heterocycles. The van der Waals surface area contributed by atoms with Gasteiger partial charge in [0.25, 0.3) is 0 Å². The van der Waals surface area contributed by atoms with Gasteiger partial charge in [0, 0.05) is 19.1 Å². The van der Waals surface area contributed by atoms with Crippen LogP contribution < -0.4 is 5.32 Å². The second-order valence-electron chi connectivity index (χ2n) is 6.92. The summed E-state index contributed by atoms with van der Waals surface area (Å²) in [4.78, 5) is 12.4. The van der Waals surface area contributed by atoms with E-state index in [1.54, 1.807) is 0 Å². The van der Waals surface area contributed by atoms with Crippen molar-refractivity contribution in [1.82, 2.24) is 5.32 Å². The van der Waals surface area contributed by atoms with Gasteiger partial charge in [0.05, 0.1) is 6.61 Å². The van der Waals surface area contributed by atoms with E-state index in [-0.39, 0.29) is 18.4 Å². The fourth-order valence-corrected chi connectivity index (χ4v) is 3.33. The van der Waals surface area contributed by atoms with E-state index in [9.17, 15) is 15.0 Å². The van der Waals surface area contributed by atoms with Gasteiger partial charge in [-0.1, -0.05) is 37.3 Å². The van der Waals surface area contributed by atoms with Crippen LogP contribution in [0.2, 0.25) is 0 Å². The number of hydrogen-bond donors (Lipinski definition) is 3. The number of aliphatic hydroxyl groups excluding tert-OH is 2. The maximum atomic E-state index is 12.4. The lowest BCUT2D eigenvalue weighted by Gasteiger charge is -2.41. The van der Waals surface area contributed by atoms with Crippen LogP contribution in [0, 0.1) is 5.92 Å². The molecule has 4 rings (SSSR count). The van der Waals surface area contributed by atoms with Gasteiger partial charge in [-0.2, -0.15) is 0 Å². The zero-order valence-corrected chi connectivity index (χ0v) is 14.9. The zero-order chi connectivity index (χ0) is 18.5. The van der Waals surface area contributed by atoms with Crippen molar-refractivity contribution in [3.63, 3.8) is 0 Å². The minimum Gasteiger partial charge on any atom is -0.387 e. The highest BCUT2D eigenvalue weighted by molar-refractivity contribution is 5.78. The zero-order valence-electron chi connectivity index (χ0n) is 14.9. The molecule has 5 unspecified atom stereocenters. The van der Waals surface area contributed by atoms with E-state index in [0.717, 1.165) is 5.56 Å². The number of ether oxygens (including phenoxy) is 3. The molecule has 26 heavy (non-hydrogen) atoms. The molecule has 7 nitrogen and oxygen atoms in total. The summed E-state index contributed by atoms with van der Waals surface area (Å²) >= 11 is 0. The Morgan fingerprint density at radius 1 is 1.19 bits per heavy atom. The predicted molar refractivity (Wildman–Crippen MR) is 93.3 cm³/mol. The summed E-state index contributed by atoms with van der Waals surface area (Å²) in [5.41, 5.74) is 1.10. The van der Waals surface area contributed by atoms with Gasteiger partial charge in [0.15, 0.2) is 6.29 Å². The fraction of sp³-hybridized carbons (Fsp3) is 0.632. The van der Waals surface area contributed by atoms with E-state index in [0.29, 0.717) is 26.1 Å². The van der Waals surface area contributed by atoms with Crippen LogP contribution in [0.3, 0.4) is 0 Å². The molecule has 3 fully saturated rings. The molecule has 0 spiro atoms. The number of aliphatic hydroxyl groups is 2. The van der Waals surface area contributed by atoms with Crippen LogP contribution in [0.25, 0.3) is 0 Å². The van der Waals surface area contributed by atoms with Gasteiger partial charge in [-0.15, -0.1) is 0 Å². The van der Waals surface area contributed by atoms with Crippen molar-refractivity contribution < 1.29 is 29.2 Å². The van der Waals surface area contributed by atoms with Crippen LogP contribution >= 0.6 is 0 Å². The Balaban J connectivity index is 1.56. The average Bonchev–Trinajstić information content (AvgIpc) is 2.79. The number of nitrogens with one attached hydrogen (secondary N) is 1. The van der Waals surface area contributed by atoms with Gasteiger partial charge in [0.1, 0.15) is 24.4 Å². The Morgan fingerprint density at radius 3 is 2.69 bits per heavy atom. The SMILES string of the molecule is C[C@@H](Cc1ccccc1)C(=O)NCC1OC2OCCCOC1C(O)C2O. The van der Waals surface area contributed by atoms with Gasteiger partial charge >= 0.3 is 0 Å². The molecular weight excluding hydrogens is 338 g/mol. The van der Waals surface area contributed by atoms with E-state index < -0.39 is 30.7 Å². The third kappa shape index (κ3) is 4.61. The molecule has 0 saturated carbocycles. The standard InChI is InChI=1S/C19H27NO6/c1-12(10-13-6-3-2-4-7-13)18(23)20-11-14-17-15(21)16(22)19(26-14)25-9-5-8-24-17/h2-4,6-7,12,14-17,19,21-22H,5,8-11H2,1H3,(H,20,23)/t12-,14?,15?,16?,17?,19?/m0/s1. The molecule has 1 aromatic carbocycles. The maximum Gasteiger partial charge on any atom is 0.223 e. The average molecular weight is 365 g/mol. The van der Waals surface area contributed by atoms with Crippen LogP contribution in [0.1, 0.15) is 18.9 Å². The van der Waals surface area contributed by atoms with Crippen molar-refractivity contribution in [2.75, 3.05) is 19.8 Å². The van der Waals surface area contributed by atoms with Gasteiger partial charge < -0.3 is 29.7 Å². The summed E-state index contributed by atoms with van der Waals surface area (Å²) in [6, 6.07) is 9.83. The van der Waals surface area contributed by atoms with Crippen LogP contribution in [-0.2, 0) is 25.4 Å². The highest BCUT2D eigenvalue weighted by Gasteiger charge is 2.46. The van der Waals surface area contributed by atoms with Crippen LogP contribution in [0.15, 0.2) is 30.3 Å². The van der Waals surface area contributed by atoms with E-state index in [1.807, 2.05) is 37.3 Å². The minimum atomic E-state index is -1.16. The van der Waals surface area contributed by atoms with Crippen LogP contribution in [-0.4, -0.2) is 66.6 Å². The minimum absolute atomic E-state index is 0.0934. The first-order valence-corrected chi connectivity index (χ1v) is 9.12. The van der Waals surface area contributed by atoms with E-state index >= 15 is 0 Å². The van der Waals surface area contributed by atoms with Crippen molar-refractivity contribution in [2.24, 2.45) is 5.92 Å². The van der Waals surface area contributed by atoms with E-state index in [4.69, 9.17) is 14.2 Å². The van der Waals surface area contributed by atoms with Crippen molar-refractivity contribution in [2.45, 2.75) is 50.5 Å². The van der Waals surface area contributed by atoms with Crippen molar-refractivity contribution in [3.05, 3.63) is 35.9 Å². The van der Waals surface area contributed by atoms with Crippen LogP contribution in [0.4, 0.5) is 0 Å². The van der Waals surface area contributed by atoms with Crippen molar-refractivity contribution in [1.29, 1.82) is 0 Å². The van der Waals surface area contributed by atoms with Crippen molar-refractivity contribution in [3.8, 4) is 0 Å². The largest absolute Gasteiger partial charge is 0.387 e. The molecule has 1 amide bonds. The molecule has 2 bridgehead atoms. The molecule has 1 aromatic rings. The van der Waals surface area contributed by atoms with E-state index in [1.165, 1.54) is 0 Å². The van der Waals surface area contributed by atoms with Crippen LogP contribution in [0.5, 0.6) is 0 Å². The summed E-state index contributed by atoms with van der Waals surface area (Å²) in [7, 11) is 0. The summed E-state index contributed by atoms with van der Waals surface area (Å²) in [5, 5.41) is 23.2. The fourth-order valence-electron chi connectivity index (χ4n) is 3.33. The summed E-state index contributed by atoms with van der Waals surface area (Å²) in [6.45, 7) is 2.84. The van der Waals surface area contributed by atoms with Crippen molar-refractivity contribution >= 4 is 5.91 Å². The Hall–Kier alpha value is -1.51. The Morgan fingerprint density at radius 2 is 1.92 bits per heavy atom. The Kier molecular flexibility index (Phi) is 6.61.